The Morgan fingerprint density at radius 1 is 1.37 bits per heavy atom. The van der Waals surface area contributed by atoms with Crippen molar-refractivity contribution in [1.82, 2.24) is 14.9 Å². The molecule has 0 saturated carbocycles. The number of halogens is 3. The van der Waals surface area contributed by atoms with Gasteiger partial charge in [0.05, 0.1) is 6.21 Å². The minimum absolute atomic E-state index is 0.211. The highest BCUT2D eigenvalue weighted by Crippen LogP contribution is 2.27. The predicted molar refractivity (Wildman–Crippen MR) is 66.6 cm³/mol. The molecule has 0 spiro atoms. The van der Waals surface area contributed by atoms with Crippen molar-refractivity contribution >= 4 is 18.4 Å². The second-order valence-electron chi connectivity index (χ2n) is 3.76. The van der Waals surface area contributed by atoms with Crippen LogP contribution in [-0.4, -0.2) is 21.1 Å². The fraction of sp³-hybridized carbons (Fsp3) is 0.182. The first-order valence-corrected chi connectivity index (χ1v) is 5.65. The lowest BCUT2D eigenvalue weighted by Gasteiger charge is -2.04. The molecule has 0 aliphatic rings. The first-order valence-electron chi connectivity index (χ1n) is 5.24. The van der Waals surface area contributed by atoms with Crippen molar-refractivity contribution in [3.05, 3.63) is 46.0 Å². The van der Waals surface area contributed by atoms with Crippen LogP contribution in [0.25, 0.3) is 0 Å². The lowest BCUT2D eigenvalue weighted by atomic mass is 10.1. The van der Waals surface area contributed by atoms with Gasteiger partial charge >= 0.3 is 6.18 Å². The fourth-order valence-electron chi connectivity index (χ4n) is 1.43. The molecule has 0 atom stereocenters. The Kier molecular flexibility index (Phi) is 3.52. The molecule has 100 valence electrons. The standard InChI is InChI=1S/C11H9F3N4S/c1-7-4-2-3-5-8(7)6-15-18-9(11(12,13)14)16-17-10(18)19/h2-6H,1H3,(H,17,19)/b15-6+. The number of aromatic nitrogens is 3. The first kappa shape index (κ1) is 13.5. The molecule has 19 heavy (non-hydrogen) atoms. The topological polar surface area (TPSA) is 46.0 Å². The summed E-state index contributed by atoms with van der Waals surface area (Å²) in [4.78, 5) is 0. The molecular weight excluding hydrogens is 277 g/mol. The van der Waals surface area contributed by atoms with Crippen LogP contribution in [0.4, 0.5) is 13.2 Å². The summed E-state index contributed by atoms with van der Waals surface area (Å²) >= 11 is 4.72. The number of rotatable bonds is 2. The number of nitrogens with zero attached hydrogens (tertiary/aromatic N) is 3. The molecule has 1 aromatic heterocycles. The third kappa shape index (κ3) is 2.90. The second-order valence-corrected chi connectivity index (χ2v) is 4.15. The van der Waals surface area contributed by atoms with Crippen LogP contribution in [0.1, 0.15) is 17.0 Å². The Morgan fingerprint density at radius 2 is 2.05 bits per heavy atom. The highest BCUT2D eigenvalue weighted by atomic mass is 32.1. The molecule has 2 rings (SSSR count). The van der Waals surface area contributed by atoms with Crippen LogP contribution < -0.4 is 0 Å². The van der Waals surface area contributed by atoms with Crippen LogP contribution >= 0.6 is 12.2 Å². The summed E-state index contributed by atoms with van der Waals surface area (Å²) in [5, 5.41) is 8.94. The third-order valence-corrected chi connectivity index (χ3v) is 2.67. The van der Waals surface area contributed by atoms with Gasteiger partial charge in [-0.05, 0) is 30.3 Å². The van der Waals surface area contributed by atoms with Crippen LogP contribution in [0.15, 0.2) is 29.4 Å². The molecule has 1 heterocycles. The van der Waals surface area contributed by atoms with Crippen molar-refractivity contribution in [2.75, 3.05) is 0 Å². The van der Waals surface area contributed by atoms with Crippen molar-refractivity contribution in [2.24, 2.45) is 5.10 Å². The van der Waals surface area contributed by atoms with E-state index in [4.69, 9.17) is 12.2 Å². The number of hydrogen-bond donors (Lipinski definition) is 1. The van der Waals surface area contributed by atoms with Crippen molar-refractivity contribution in [2.45, 2.75) is 13.1 Å². The van der Waals surface area contributed by atoms with E-state index in [0.717, 1.165) is 5.56 Å². The minimum atomic E-state index is -4.61. The van der Waals surface area contributed by atoms with Gasteiger partial charge in [-0.3, -0.25) is 0 Å². The SMILES string of the molecule is Cc1ccccc1/C=N/n1c(C(F)(F)F)n[nH]c1=S. The maximum absolute atomic E-state index is 12.6. The van der Waals surface area contributed by atoms with Gasteiger partial charge in [0.15, 0.2) is 0 Å². The predicted octanol–water partition coefficient (Wildman–Crippen LogP) is 3.15. The highest BCUT2D eigenvalue weighted by Gasteiger charge is 2.37. The molecule has 0 aliphatic heterocycles. The Hall–Kier alpha value is -1.96. The van der Waals surface area contributed by atoms with Gasteiger partial charge in [-0.2, -0.15) is 22.9 Å². The average molecular weight is 286 g/mol. The molecule has 0 bridgehead atoms. The normalized spacial score (nSPS) is 12.2. The van der Waals surface area contributed by atoms with Gasteiger partial charge < -0.3 is 0 Å². The van der Waals surface area contributed by atoms with E-state index >= 15 is 0 Å². The molecule has 4 nitrogen and oxygen atoms in total. The van der Waals surface area contributed by atoms with E-state index < -0.39 is 12.0 Å². The third-order valence-electron chi connectivity index (χ3n) is 2.40. The minimum Gasteiger partial charge on any atom is -0.250 e. The number of aryl methyl sites for hydroxylation is 1. The van der Waals surface area contributed by atoms with Crippen LogP contribution in [0.2, 0.25) is 0 Å². The van der Waals surface area contributed by atoms with Crippen molar-refractivity contribution < 1.29 is 13.2 Å². The smallest absolute Gasteiger partial charge is 0.250 e. The van der Waals surface area contributed by atoms with Crippen molar-refractivity contribution in [3.8, 4) is 0 Å². The van der Waals surface area contributed by atoms with E-state index in [1.54, 1.807) is 12.1 Å². The van der Waals surface area contributed by atoms with Gasteiger partial charge in [0, 0.05) is 0 Å². The van der Waals surface area contributed by atoms with E-state index in [-0.39, 0.29) is 4.77 Å². The number of hydrogen-bond acceptors (Lipinski definition) is 3. The molecule has 0 amide bonds. The van der Waals surface area contributed by atoms with Crippen molar-refractivity contribution in [3.63, 3.8) is 0 Å². The van der Waals surface area contributed by atoms with Crippen LogP contribution in [0.3, 0.4) is 0 Å². The van der Waals surface area contributed by atoms with E-state index in [1.807, 2.05) is 19.1 Å². The van der Waals surface area contributed by atoms with E-state index in [0.29, 0.717) is 10.2 Å². The van der Waals surface area contributed by atoms with Crippen LogP contribution in [0, 0.1) is 11.7 Å². The zero-order chi connectivity index (χ0) is 14.0. The molecule has 0 fully saturated rings. The number of benzene rings is 1. The number of nitrogens with one attached hydrogen (secondary N) is 1. The molecule has 8 heteroatoms. The van der Waals surface area contributed by atoms with Gasteiger partial charge in [-0.1, -0.05) is 24.3 Å². The summed E-state index contributed by atoms with van der Waals surface area (Å²) in [6.07, 6.45) is -3.30. The lowest BCUT2D eigenvalue weighted by Crippen LogP contribution is -2.12. The van der Waals surface area contributed by atoms with Crippen molar-refractivity contribution in [1.29, 1.82) is 0 Å². The molecule has 2 aromatic rings. The zero-order valence-electron chi connectivity index (χ0n) is 9.77. The summed E-state index contributed by atoms with van der Waals surface area (Å²) in [6, 6.07) is 7.18. The number of H-pyrrole nitrogens is 1. The molecule has 0 unspecified atom stereocenters. The van der Waals surface area contributed by atoms with Gasteiger partial charge in [0.1, 0.15) is 0 Å². The molecule has 1 aromatic carbocycles. The second kappa shape index (κ2) is 4.96. The monoisotopic (exact) mass is 286 g/mol. The van der Waals surface area contributed by atoms with E-state index in [2.05, 4.69) is 15.3 Å². The Labute approximate surface area is 111 Å². The summed E-state index contributed by atoms with van der Waals surface area (Å²) in [6.45, 7) is 1.83. The molecule has 0 saturated heterocycles. The lowest BCUT2D eigenvalue weighted by molar-refractivity contribution is -0.147. The average Bonchev–Trinajstić information content (AvgIpc) is 2.69. The maximum Gasteiger partial charge on any atom is 0.453 e. The van der Waals surface area contributed by atoms with Gasteiger partial charge in [-0.25, -0.2) is 5.10 Å². The first-order chi connectivity index (χ1) is 8.89. The number of aromatic amines is 1. The largest absolute Gasteiger partial charge is 0.453 e. The summed E-state index contributed by atoms with van der Waals surface area (Å²) in [7, 11) is 0. The van der Waals surface area contributed by atoms with Gasteiger partial charge in [0.25, 0.3) is 5.82 Å². The zero-order valence-corrected chi connectivity index (χ0v) is 10.6. The molecule has 0 radical (unpaired) electrons. The summed E-state index contributed by atoms with van der Waals surface area (Å²) in [5.74, 6) is -1.18. The quantitative estimate of drug-likeness (QED) is 0.681. The van der Waals surface area contributed by atoms with Gasteiger partial charge in [0.2, 0.25) is 4.77 Å². The van der Waals surface area contributed by atoms with Gasteiger partial charge in [-0.15, -0.1) is 5.10 Å². The van der Waals surface area contributed by atoms with Crippen LogP contribution in [0.5, 0.6) is 0 Å². The molecule has 0 aliphatic carbocycles. The van der Waals surface area contributed by atoms with E-state index in [9.17, 15) is 13.2 Å². The molecule has 1 N–H and O–H groups in total. The number of alkyl halides is 3. The Morgan fingerprint density at radius 3 is 2.68 bits per heavy atom. The van der Waals surface area contributed by atoms with E-state index in [1.165, 1.54) is 6.21 Å². The summed E-state index contributed by atoms with van der Waals surface area (Å²) < 4.78 is 38.3. The highest BCUT2D eigenvalue weighted by molar-refractivity contribution is 7.71. The Bertz CT molecular complexity index is 669. The fourth-order valence-corrected chi connectivity index (χ4v) is 1.61. The van der Waals surface area contributed by atoms with Crippen LogP contribution in [-0.2, 0) is 6.18 Å². The maximum atomic E-state index is 12.6. The summed E-state index contributed by atoms with van der Waals surface area (Å²) in [5.41, 5.74) is 1.61. The Balaban J connectivity index is 2.42. The molecular formula is C11H9F3N4S.